The fourth-order valence-electron chi connectivity index (χ4n) is 2.01. The summed E-state index contributed by atoms with van der Waals surface area (Å²) in [6.07, 6.45) is 5.90. The first-order valence-corrected chi connectivity index (χ1v) is 8.81. The van der Waals surface area contributed by atoms with Crippen LogP contribution in [0.3, 0.4) is 0 Å². The van der Waals surface area contributed by atoms with Crippen molar-refractivity contribution >= 4 is 10.0 Å². The number of nitrogens with one attached hydrogen (secondary N) is 1. The average Bonchev–Trinajstić information content (AvgIpc) is 2.59. The van der Waals surface area contributed by atoms with Crippen molar-refractivity contribution in [2.24, 2.45) is 0 Å². The van der Waals surface area contributed by atoms with Gasteiger partial charge < -0.3 is 4.74 Å². The highest BCUT2D eigenvalue weighted by Gasteiger charge is 2.12. The Kier molecular flexibility index (Phi) is 5.80. The quantitative estimate of drug-likeness (QED) is 0.794. The standard InChI is InChI=1S/C18H19NO3S/c1-3-13-19-23(20,21)18-11-7-16(8-12-18)15-5-9-17(10-6-15)22-14-4-2/h2,5-12,19H,3,13-14H2,1H3. The van der Waals surface area contributed by atoms with Crippen LogP contribution in [0.2, 0.25) is 0 Å². The van der Waals surface area contributed by atoms with Gasteiger partial charge in [0.2, 0.25) is 10.0 Å². The largest absolute Gasteiger partial charge is 0.481 e. The van der Waals surface area contributed by atoms with E-state index >= 15 is 0 Å². The van der Waals surface area contributed by atoms with Crippen LogP contribution in [0.5, 0.6) is 5.75 Å². The lowest BCUT2D eigenvalue weighted by Gasteiger charge is -2.08. The van der Waals surface area contributed by atoms with E-state index in [1.807, 2.05) is 31.2 Å². The van der Waals surface area contributed by atoms with Crippen LogP contribution in [0.25, 0.3) is 11.1 Å². The van der Waals surface area contributed by atoms with Crippen LogP contribution in [0.15, 0.2) is 53.4 Å². The van der Waals surface area contributed by atoms with Gasteiger partial charge in [-0.3, -0.25) is 0 Å². The summed E-state index contributed by atoms with van der Waals surface area (Å²) in [5, 5.41) is 0. The molecule has 0 saturated heterocycles. The van der Waals surface area contributed by atoms with Crippen LogP contribution < -0.4 is 9.46 Å². The molecule has 0 aromatic heterocycles. The minimum absolute atomic E-state index is 0.233. The molecule has 23 heavy (non-hydrogen) atoms. The molecule has 0 heterocycles. The third-order valence-electron chi connectivity index (χ3n) is 3.22. The van der Waals surface area contributed by atoms with Gasteiger partial charge in [0.05, 0.1) is 4.90 Å². The van der Waals surface area contributed by atoms with Crippen molar-refractivity contribution < 1.29 is 13.2 Å². The van der Waals surface area contributed by atoms with Gasteiger partial charge >= 0.3 is 0 Å². The maximum atomic E-state index is 12.0. The Labute approximate surface area is 137 Å². The van der Waals surface area contributed by atoms with Gasteiger partial charge in [-0.25, -0.2) is 13.1 Å². The molecular formula is C18H19NO3S. The second-order valence-electron chi connectivity index (χ2n) is 4.94. The fraction of sp³-hybridized carbons (Fsp3) is 0.222. The van der Waals surface area contributed by atoms with Gasteiger partial charge in [-0.15, -0.1) is 6.42 Å². The van der Waals surface area contributed by atoms with Crippen molar-refractivity contribution in [3.05, 3.63) is 48.5 Å². The van der Waals surface area contributed by atoms with Crippen molar-refractivity contribution in [3.8, 4) is 29.2 Å². The number of hydrogen-bond acceptors (Lipinski definition) is 3. The predicted octanol–water partition coefficient (Wildman–Crippen LogP) is 3.05. The van der Waals surface area contributed by atoms with Crippen molar-refractivity contribution in [1.29, 1.82) is 0 Å². The third kappa shape index (κ3) is 4.59. The molecule has 2 aromatic carbocycles. The minimum atomic E-state index is -3.43. The molecule has 0 bridgehead atoms. The third-order valence-corrected chi connectivity index (χ3v) is 4.69. The molecule has 0 aliphatic heterocycles. The first-order chi connectivity index (χ1) is 11.1. The van der Waals surface area contributed by atoms with Gasteiger partial charge in [0, 0.05) is 6.54 Å². The van der Waals surface area contributed by atoms with E-state index < -0.39 is 10.0 Å². The molecule has 0 radical (unpaired) electrons. The molecular weight excluding hydrogens is 310 g/mol. The monoisotopic (exact) mass is 329 g/mol. The number of sulfonamides is 1. The summed E-state index contributed by atoms with van der Waals surface area (Å²) in [6, 6.07) is 14.3. The SMILES string of the molecule is C#CCOc1ccc(-c2ccc(S(=O)(=O)NCCC)cc2)cc1. The lowest BCUT2D eigenvalue weighted by molar-refractivity contribution is 0.370. The number of benzene rings is 2. The highest BCUT2D eigenvalue weighted by Crippen LogP contribution is 2.23. The summed E-state index contributed by atoms with van der Waals surface area (Å²) in [5.41, 5.74) is 1.91. The molecule has 0 amide bonds. The van der Waals surface area contributed by atoms with E-state index in [9.17, 15) is 8.42 Å². The summed E-state index contributed by atoms with van der Waals surface area (Å²) in [5.74, 6) is 3.12. The van der Waals surface area contributed by atoms with E-state index in [1.54, 1.807) is 24.3 Å². The molecule has 0 unspecified atom stereocenters. The molecule has 4 nitrogen and oxygen atoms in total. The summed E-state index contributed by atoms with van der Waals surface area (Å²) >= 11 is 0. The topological polar surface area (TPSA) is 55.4 Å². The first-order valence-electron chi connectivity index (χ1n) is 7.33. The summed E-state index contributed by atoms with van der Waals surface area (Å²) < 4.78 is 32.0. The Bertz CT molecular complexity index is 773. The zero-order chi connectivity index (χ0) is 16.7. The van der Waals surface area contributed by atoms with Crippen LogP contribution in [-0.2, 0) is 10.0 Å². The molecule has 0 spiro atoms. The van der Waals surface area contributed by atoms with E-state index in [4.69, 9.17) is 11.2 Å². The Balaban J connectivity index is 2.15. The normalized spacial score (nSPS) is 11.0. The predicted molar refractivity (Wildman–Crippen MR) is 91.7 cm³/mol. The van der Waals surface area contributed by atoms with E-state index in [1.165, 1.54) is 0 Å². The Hall–Kier alpha value is -2.29. The van der Waals surface area contributed by atoms with Crippen molar-refractivity contribution in [2.45, 2.75) is 18.2 Å². The molecule has 0 fully saturated rings. The molecule has 120 valence electrons. The fourth-order valence-corrected chi connectivity index (χ4v) is 3.15. The summed E-state index contributed by atoms with van der Waals surface area (Å²) in [7, 11) is -3.43. The smallest absolute Gasteiger partial charge is 0.240 e. The zero-order valence-corrected chi connectivity index (χ0v) is 13.8. The van der Waals surface area contributed by atoms with E-state index in [0.717, 1.165) is 17.5 Å². The van der Waals surface area contributed by atoms with E-state index in [-0.39, 0.29) is 11.5 Å². The average molecular weight is 329 g/mol. The second-order valence-corrected chi connectivity index (χ2v) is 6.71. The van der Waals surface area contributed by atoms with Crippen LogP contribution in [0.1, 0.15) is 13.3 Å². The highest BCUT2D eigenvalue weighted by molar-refractivity contribution is 7.89. The van der Waals surface area contributed by atoms with E-state index in [2.05, 4.69) is 10.6 Å². The lowest BCUT2D eigenvalue weighted by atomic mass is 10.1. The molecule has 2 aromatic rings. The van der Waals surface area contributed by atoms with Gasteiger partial charge in [0.15, 0.2) is 0 Å². The molecule has 1 N–H and O–H groups in total. The molecule has 5 heteroatoms. The highest BCUT2D eigenvalue weighted by atomic mass is 32.2. The van der Waals surface area contributed by atoms with Gasteiger partial charge in [-0.1, -0.05) is 37.1 Å². The second kappa shape index (κ2) is 7.82. The lowest BCUT2D eigenvalue weighted by Crippen LogP contribution is -2.24. The summed E-state index contributed by atoms with van der Waals surface area (Å²) in [6.45, 7) is 2.59. The van der Waals surface area contributed by atoms with Crippen LogP contribution >= 0.6 is 0 Å². The molecule has 0 aliphatic rings. The molecule has 0 saturated carbocycles. The van der Waals surface area contributed by atoms with Crippen molar-refractivity contribution in [1.82, 2.24) is 4.72 Å². The maximum absolute atomic E-state index is 12.0. The zero-order valence-electron chi connectivity index (χ0n) is 13.0. The van der Waals surface area contributed by atoms with Crippen LogP contribution in [0, 0.1) is 12.3 Å². The van der Waals surface area contributed by atoms with Gasteiger partial charge in [-0.05, 0) is 41.8 Å². The Morgan fingerprint density at radius 2 is 1.61 bits per heavy atom. The summed E-state index contributed by atoms with van der Waals surface area (Å²) in [4.78, 5) is 0.267. The van der Waals surface area contributed by atoms with Crippen molar-refractivity contribution in [3.63, 3.8) is 0 Å². The molecule has 2 rings (SSSR count). The molecule has 0 atom stereocenters. The number of hydrogen-bond donors (Lipinski definition) is 1. The Morgan fingerprint density at radius 3 is 2.13 bits per heavy atom. The minimum Gasteiger partial charge on any atom is -0.481 e. The van der Waals surface area contributed by atoms with E-state index in [0.29, 0.717) is 12.3 Å². The molecule has 0 aliphatic carbocycles. The first kappa shape index (κ1) is 17.1. The van der Waals surface area contributed by atoms with Gasteiger partial charge in [0.25, 0.3) is 0 Å². The number of terminal acetylenes is 1. The van der Waals surface area contributed by atoms with Crippen LogP contribution in [-0.4, -0.2) is 21.6 Å². The maximum Gasteiger partial charge on any atom is 0.240 e. The number of ether oxygens (including phenoxy) is 1. The number of rotatable bonds is 7. The van der Waals surface area contributed by atoms with Gasteiger partial charge in [0.1, 0.15) is 12.4 Å². The van der Waals surface area contributed by atoms with Gasteiger partial charge in [-0.2, -0.15) is 0 Å². The van der Waals surface area contributed by atoms with Crippen molar-refractivity contribution in [2.75, 3.05) is 13.2 Å². The van der Waals surface area contributed by atoms with Crippen LogP contribution in [0.4, 0.5) is 0 Å². The Morgan fingerprint density at radius 1 is 1.04 bits per heavy atom.